The van der Waals surface area contributed by atoms with Gasteiger partial charge in [0.1, 0.15) is 16.8 Å². The number of piperidine rings is 1. The Hall–Kier alpha value is -3.84. The van der Waals surface area contributed by atoms with Gasteiger partial charge in [-0.05, 0) is 78.4 Å². The van der Waals surface area contributed by atoms with Crippen molar-refractivity contribution in [3.8, 4) is 11.8 Å². The number of hydrogen-bond acceptors (Lipinski definition) is 7. The van der Waals surface area contributed by atoms with Crippen molar-refractivity contribution in [1.82, 2.24) is 9.29 Å². The highest BCUT2D eigenvalue weighted by Gasteiger charge is 2.31. The van der Waals surface area contributed by atoms with Crippen LogP contribution in [-0.4, -0.2) is 36.8 Å². The van der Waals surface area contributed by atoms with Crippen molar-refractivity contribution in [3.63, 3.8) is 0 Å². The van der Waals surface area contributed by atoms with Crippen LogP contribution in [0.3, 0.4) is 0 Å². The summed E-state index contributed by atoms with van der Waals surface area (Å²) in [6, 6.07) is 22.6. The summed E-state index contributed by atoms with van der Waals surface area (Å²) in [4.78, 5) is 17.4. The van der Waals surface area contributed by atoms with Gasteiger partial charge in [0.15, 0.2) is 0 Å². The van der Waals surface area contributed by atoms with Crippen LogP contribution in [-0.2, 0) is 10.0 Å². The number of nitriles is 1. The molecule has 0 aliphatic carbocycles. The zero-order valence-corrected chi connectivity index (χ0v) is 23.2. The van der Waals surface area contributed by atoms with Gasteiger partial charge in [0.2, 0.25) is 10.0 Å². The van der Waals surface area contributed by atoms with Gasteiger partial charge in [0.05, 0.1) is 26.2 Å². The molecule has 1 aliphatic heterocycles. The maximum Gasteiger partial charge on any atom is 0.343 e. The number of hydrogen-bond donors (Lipinski definition) is 0. The summed E-state index contributed by atoms with van der Waals surface area (Å²) >= 11 is 1.46. The smallest absolute Gasteiger partial charge is 0.343 e. The molecule has 9 heteroatoms. The first-order valence-corrected chi connectivity index (χ1v) is 14.9. The number of sulfonamides is 1. The van der Waals surface area contributed by atoms with Gasteiger partial charge >= 0.3 is 5.97 Å². The van der Waals surface area contributed by atoms with Gasteiger partial charge < -0.3 is 4.74 Å². The Morgan fingerprint density at radius 2 is 1.69 bits per heavy atom. The van der Waals surface area contributed by atoms with E-state index in [4.69, 9.17) is 4.74 Å². The van der Waals surface area contributed by atoms with Gasteiger partial charge in [0, 0.05) is 13.1 Å². The number of aromatic nitrogens is 1. The lowest BCUT2D eigenvalue weighted by Crippen LogP contribution is -2.42. The number of ether oxygens (including phenoxy) is 1. The molecule has 0 N–H and O–H groups in total. The van der Waals surface area contributed by atoms with Crippen molar-refractivity contribution in [2.45, 2.75) is 25.2 Å². The van der Waals surface area contributed by atoms with E-state index in [1.54, 1.807) is 30.3 Å². The standard InChI is InChI=1S/C30H27N3O4S2/c1-20-15-21(2)19-33(18-20)39(35,36)26-13-9-23(10-14-26)30(34)37-25-11-7-22(8-12-25)16-24(17-31)29-32-27-5-3-4-6-28(27)38-29/h3-14,16,20-21H,15,18-19H2,1-2H3/b24-16+. The van der Waals surface area contributed by atoms with E-state index in [2.05, 4.69) is 24.9 Å². The molecule has 1 aliphatic rings. The summed E-state index contributed by atoms with van der Waals surface area (Å²) in [5, 5.41) is 10.3. The molecule has 0 saturated carbocycles. The van der Waals surface area contributed by atoms with Gasteiger partial charge in [-0.1, -0.05) is 38.1 Å². The topological polar surface area (TPSA) is 100 Å². The molecule has 1 fully saturated rings. The zero-order chi connectivity index (χ0) is 27.6. The molecule has 0 bridgehead atoms. The van der Waals surface area contributed by atoms with Crippen LogP contribution in [0, 0.1) is 23.2 Å². The van der Waals surface area contributed by atoms with Gasteiger partial charge in [-0.25, -0.2) is 18.2 Å². The molecule has 0 radical (unpaired) electrons. The lowest BCUT2D eigenvalue weighted by Gasteiger charge is -2.34. The Labute approximate surface area is 232 Å². The number of fused-ring (bicyclic) bond motifs is 1. The maximum absolute atomic E-state index is 13.1. The number of thiazole rings is 1. The van der Waals surface area contributed by atoms with E-state index in [0.717, 1.165) is 22.2 Å². The summed E-state index contributed by atoms with van der Waals surface area (Å²) in [7, 11) is -3.63. The summed E-state index contributed by atoms with van der Waals surface area (Å²) < 4.78 is 34.2. The maximum atomic E-state index is 13.1. The molecular weight excluding hydrogens is 530 g/mol. The van der Waals surface area contributed by atoms with Crippen molar-refractivity contribution in [1.29, 1.82) is 5.26 Å². The van der Waals surface area contributed by atoms with Crippen molar-refractivity contribution in [3.05, 3.63) is 88.9 Å². The molecule has 4 aromatic rings. The third-order valence-electron chi connectivity index (χ3n) is 6.61. The minimum Gasteiger partial charge on any atom is -0.423 e. The van der Waals surface area contributed by atoms with Crippen LogP contribution in [0.1, 0.15) is 41.2 Å². The number of allylic oxidation sites excluding steroid dienone is 1. The van der Waals surface area contributed by atoms with E-state index in [-0.39, 0.29) is 10.5 Å². The van der Waals surface area contributed by atoms with Gasteiger partial charge in [-0.15, -0.1) is 11.3 Å². The van der Waals surface area contributed by atoms with Crippen molar-refractivity contribution in [2.24, 2.45) is 11.8 Å². The third kappa shape index (κ3) is 5.93. The minimum absolute atomic E-state index is 0.165. The number of carbonyl (C=O) groups is 1. The molecular formula is C30H27N3O4S2. The molecule has 5 rings (SSSR count). The average Bonchev–Trinajstić information content (AvgIpc) is 3.36. The van der Waals surface area contributed by atoms with Crippen LogP contribution >= 0.6 is 11.3 Å². The molecule has 3 aromatic carbocycles. The number of rotatable bonds is 6. The fraction of sp³-hybridized carbons (Fsp3) is 0.233. The Kier molecular flexibility index (Phi) is 7.62. The average molecular weight is 558 g/mol. The highest BCUT2D eigenvalue weighted by atomic mass is 32.2. The molecule has 2 heterocycles. The van der Waals surface area contributed by atoms with Crippen molar-refractivity contribution < 1.29 is 17.9 Å². The van der Waals surface area contributed by atoms with E-state index in [9.17, 15) is 18.5 Å². The molecule has 2 atom stereocenters. The second-order valence-corrected chi connectivity index (χ2v) is 12.9. The third-order valence-corrected chi connectivity index (χ3v) is 9.53. The Balaban J connectivity index is 1.26. The number of nitrogens with zero attached hydrogens (tertiary/aromatic N) is 3. The normalized spacial score (nSPS) is 18.5. The second-order valence-electron chi connectivity index (χ2n) is 9.91. The van der Waals surface area contributed by atoms with Crippen molar-refractivity contribution in [2.75, 3.05) is 13.1 Å². The van der Waals surface area contributed by atoms with Crippen LogP contribution in [0.5, 0.6) is 5.75 Å². The molecule has 1 aromatic heterocycles. The number of para-hydroxylation sites is 1. The summed E-state index contributed by atoms with van der Waals surface area (Å²) in [5.41, 5.74) is 2.31. The summed E-state index contributed by atoms with van der Waals surface area (Å²) in [6.45, 7) is 5.12. The number of esters is 1. The quantitative estimate of drug-likeness (QED) is 0.158. The van der Waals surface area contributed by atoms with Crippen LogP contribution in [0.4, 0.5) is 0 Å². The van der Waals surface area contributed by atoms with Gasteiger partial charge in [0.25, 0.3) is 0 Å². The molecule has 1 saturated heterocycles. The lowest BCUT2D eigenvalue weighted by atomic mass is 9.94. The predicted octanol–water partition coefficient (Wildman–Crippen LogP) is 6.25. The number of carbonyl (C=O) groups excluding carboxylic acids is 1. The van der Waals surface area contributed by atoms with Crippen LogP contribution in [0.25, 0.3) is 21.9 Å². The Morgan fingerprint density at radius 3 is 2.33 bits per heavy atom. The first kappa shape index (κ1) is 26.8. The molecule has 39 heavy (non-hydrogen) atoms. The van der Waals surface area contributed by atoms with Crippen LogP contribution in [0.2, 0.25) is 0 Å². The Bertz CT molecular complexity index is 1640. The minimum atomic E-state index is -3.63. The zero-order valence-electron chi connectivity index (χ0n) is 21.6. The molecule has 0 amide bonds. The Morgan fingerprint density at radius 1 is 1.03 bits per heavy atom. The van der Waals surface area contributed by atoms with E-state index in [0.29, 0.717) is 41.3 Å². The fourth-order valence-corrected chi connectivity index (χ4v) is 7.42. The largest absolute Gasteiger partial charge is 0.423 e. The lowest BCUT2D eigenvalue weighted by molar-refractivity contribution is 0.0734. The van der Waals surface area contributed by atoms with E-state index >= 15 is 0 Å². The first-order chi connectivity index (χ1) is 18.7. The first-order valence-electron chi connectivity index (χ1n) is 12.6. The predicted molar refractivity (Wildman–Crippen MR) is 153 cm³/mol. The molecule has 0 spiro atoms. The highest BCUT2D eigenvalue weighted by molar-refractivity contribution is 7.89. The van der Waals surface area contributed by atoms with Crippen LogP contribution in [0.15, 0.2) is 77.7 Å². The van der Waals surface area contributed by atoms with E-state index < -0.39 is 16.0 Å². The van der Waals surface area contributed by atoms with Gasteiger partial charge in [-0.2, -0.15) is 9.57 Å². The van der Waals surface area contributed by atoms with Crippen molar-refractivity contribution >= 4 is 49.2 Å². The molecule has 198 valence electrons. The fourth-order valence-electron chi connectivity index (χ4n) is 4.81. The van der Waals surface area contributed by atoms with Crippen LogP contribution < -0.4 is 4.74 Å². The number of benzene rings is 3. The molecule has 2 unspecified atom stereocenters. The molecule has 7 nitrogen and oxygen atoms in total. The highest BCUT2D eigenvalue weighted by Crippen LogP contribution is 2.29. The van der Waals surface area contributed by atoms with E-state index in [1.165, 1.54) is 39.9 Å². The second kappa shape index (κ2) is 11.1. The van der Waals surface area contributed by atoms with Gasteiger partial charge in [-0.3, -0.25) is 0 Å². The van der Waals surface area contributed by atoms with E-state index in [1.807, 2.05) is 24.3 Å². The summed E-state index contributed by atoms with van der Waals surface area (Å²) in [5.74, 6) is 0.357. The summed E-state index contributed by atoms with van der Waals surface area (Å²) in [6.07, 6.45) is 2.75. The SMILES string of the molecule is CC1CC(C)CN(S(=O)(=O)c2ccc(C(=O)Oc3ccc(/C=C(\C#N)c4nc5ccccc5s4)cc3)cc2)C1. The monoisotopic (exact) mass is 557 g/mol.